The number of anilines is 1. The first-order valence-electron chi connectivity index (χ1n) is 6.53. The summed E-state index contributed by atoms with van der Waals surface area (Å²) in [6.45, 7) is 0.744. The van der Waals surface area contributed by atoms with E-state index >= 15 is 0 Å². The largest absolute Gasteiger partial charge is 0.471 e. The summed E-state index contributed by atoms with van der Waals surface area (Å²) >= 11 is 0. The minimum atomic E-state index is -4.88. The molecule has 6 nitrogen and oxygen atoms in total. The number of halogens is 3. The number of rotatable bonds is 3. The Bertz CT molecular complexity index is 574. The van der Waals surface area contributed by atoms with Gasteiger partial charge in [-0.3, -0.25) is 14.9 Å². The van der Waals surface area contributed by atoms with Crippen LogP contribution in [0, 0.1) is 10.1 Å². The van der Waals surface area contributed by atoms with Crippen LogP contribution >= 0.6 is 0 Å². The highest BCUT2D eigenvalue weighted by Crippen LogP contribution is 2.27. The molecule has 1 atom stereocenters. The van der Waals surface area contributed by atoms with Crippen molar-refractivity contribution in [2.24, 2.45) is 0 Å². The molecule has 120 valence electrons. The fraction of sp³-hybridized carbons (Fsp3) is 0.462. The van der Waals surface area contributed by atoms with Crippen LogP contribution in [-0.4, -0.2) is 48.1 Å². The highest BCUT2D eigenvalue weighted by atomic mass is 19.4. The van der Waals surface area contributed by atoms with Crippen LogP contribution in [0.4, 0.5) is 24.5 Å². The average Bonchev–Trinajstić information content (AvgIpc) is 2.94. The molecule has 0 N–H and O–H groups in total. The number of carbonyl (C=O) groups excluding carboxylic acids is 1. The molecule has 0 spiro atoms. The van der Waals surface area contributed by atoms with E-state index in [2.05, 4.69) is 0 Å². The third kappa shape index (κ3) is 3.29. The number of nitro groups is 1. The fourth-order valence-electron chi connectivity index (χ4n) is 2.44. The van der Waals surface area contributed by atoms with Crippen molar-refractivity contribution < 1.29 is 22.9 Å². The number of amides is 1. The number of hydrogen-bond donors (Lipinski definition) is 0. The van der Waals surface area contributed by atoms with E-state index in [0.29, 0.717) is 23.6 Å². The van der Waals surface area contributed by atoms with Crippen LogP contribution < -0.4 is 4.90 Å². The van der Waals surface area contributed by atoms with Crippen LogP contribution in [-0.2, 0) is 4.79 Å². The monoisotopic (exact) mass is 317 g/mol. The zero-order chi connectivity index (χ0) is 16.5. The maximum absolute atomic E-state index is 12.4. The number of benzene rings is 1. The molecule has 1 fully saturated rings. The van der Waals surface area contributed by atoms with E-state index in [1.54, 1.807) is 17.0 Å². The van der Waals surface area contributed by atoms with Crippen molar-refractivity contribution in [3.8, 4) is 0 Å². The lowest BCUT2D eigenvalue weighted by Crippen LogP contribution is -2.45. The van der Waals surface area contributed by atoms with Crippen LogP contribution in [0.5, 0.6) is 0 Å². The third-order valence-electron chi connectivity index (χ3n) is 3.70. The number of nitrogens with zero attached hydrogens (tertiary/aromatic N) is 3. The second kappa shape index (κ2) is 5.82. The SMILES string of the molecule is CN(C(=O)C(F)(F)F)C1CCN(c2ccc([N+](=O)[O-])cc2)C1. The van der Waals surface area contributed by atoms with Gasteiger partial charge in [0.25, 0.3) is 5.69 Å². The molecule has 9 heteroatoms. The summed E-state index contributed by atoms with van der Waals surface area (Å²) in [7, 11) is 1.14. The molecule has 1 aromatic carbocycles. The molecule has 1 amide bonds. The summed E-state index contributed by atoms with van der Waals surface area (Å²) < 4.78 is 37.3. The molecule has 0 aromatic heterocycles. The van der Waals surface area contributed by atoms with E-state index < -0.39 is 23.0 Å². The predicted molar refractivity (Wildman–Crippen MR) is 72.5 cm³/mol. The zero-order valence-electron chi connectivity index (χ0n) is 11.7. The Balaban J connectivity index is 2.03. The fourth-order valence-corrected chi connectivity index (χ4v) is 2.44. The van der Waals surface area contributed by atoms with Crippen LogP contribution in [0.2, 0.25) is 0 Å². The van der Waals surface area contributed by atoms with E-state index in [4.69, 9.17) is 0 Å². The summed E-state index contributed by atoms with van der Waals surface area (Å²) in [4.78, 5) is 23.8. The minimum absolute atomic E-state index is 0.0520. The van der Waals surface area contributed by atoms with Gasteiger partial charge in [-0.05, 0) is 18.6 Å². The van der Waals surface area contributed by atoms with E-state index in [-0.39, 0.29) is 12.2 Å². The van der Waals surface area contributed by atoms with Gasteiger partial charge in [0.05, 0.1) is 11.0 Å². The standard InChI is InChI=1S/C13H14F3N3O3/c1-17(12(20)13(14,15)16)11-6-7-18(8-11)9-2-4-10(5-3-9)19(21)22/h2-5,11H,6-8H2,1H3. The molecule has 1 aliphatic heterocycles. The molecular weight excluding hydrogens is 303 g/mol. The molecule has 1 heterocycles. The smallest absolute Gasteiger partial charge is 0.369 e. The van der Waals surface area contributed by atoms with Gasteiger partial charge in [-0.1, -0.05) is 0 Å². The van der Waals surface area contributed by atoms with Crippen molar-refractivity contribution >= 4 is 17.3 Å². The first-order valence-corrected chi connectivity index (χ1v) is 6.53. The summed E-state index contributed by atoms with van der Waals surface area (Å²) in [6, 6.07) is 5.24. The molecule has 1 saturated heterocycles. The molecule has 0 aliphatic carbocycles. The van der Waals surface area contributed by atoms with Gasteiger partial charge in [0, 0.05) is 38.0 Å². The summed E-state index contributed by atoms with van der Waals surface area (Å²) in [5.74, 6) is -1.86. The van der Waals surface area contributed by atoms with Gasteiger partial charge < -0.3 is 9.80 Å². The van der Waals surface area contributed by atoms with Crippen molar-refractivity contribution in [2.45, 2.75) is 18.6 Å². The van der Waals surface area contributed by atoms with E-state index in [0.717, 1.165) is 7.05 Å². The molecule has 1 aliphatic rings. The normalized spacial score (nSPS) is 18.4. The van der Waals surface area contributed by atoms with Crippen molar-refractivity contribution in [1.29, 1.82) is 0 Å². The number of likely N-dealkylation sites (N-methyl/N-ethyl adjacent to an activating group) is 1. The average molecular weight is 317 g/mol. The second-order valence-corrected chi connectivity index (χ2v) is 5.08. The van der Waals surface area contributed by atoms with Gasteiger partial charge >= 0.3 is 12.1 Å². The van der Waals surface area contributed by atoms with Crippen LogP contribution in [0.25, 0.3) is 0 Å². The van der Waals surface area contributed by atoms with Gasteiger partial charge in [0.1, 0.15) is 0 Å². The summed E-state index contributed by atoms with van der Waals surface area (Å²) in [5.41, 5.74) is 0.629. The van der Waals surface area contributed by atoms with Crippen LogP contribution in [0.15, 0.2) is 24.3 Å². The maximum atomic E-state index is 12.4. The molecule has 0 saturated carbocycles. The predicted octanol–water partition coefficient (Wildman–Crippen LogP) is 2.19. The van der Waals surface area contributed by atoms with Gasteiger partial charge in [-0.2, -0.15) is 13.2 Å². The Kier molecular flexibility index (Phi) is 4.25. The van der Waals surface area contributed by atoms with Crippen LogP contribution in [0.1, 0.15) is 6.42 Å². The third-order valence-corrected chi connectivity index (χ3v) is 3.70. The Morgan fingerprint density at radius 2 is 1.95 bits per heavy atom. The number of non-ortho nitro benzene ring substituents is 1. The van der Waals surface area contributed by atoms with E-state index in [9.17, 15) is 28.1 Å². The van der Waals surface area contributed by atoms with Crippen molar-refractivity contribution in [1.82, 2.24) is 4.90 Å². The summed E-state index contributed by atoms with van der Waals surface area (Å²) in [6.07, 6.45) is -4.47. The van der Waals surface area contributed by atoms with Gasteiger partial charge in [-0.25, -0.2) is 0 Å². The zero-order valence-corrected chi connectivity index (χ0v) is 11.7. The highest BCUT2D eigenvalue weighted by Gasteiger charge is 2.44. The Hall–Kier alpha value is -2.32. The summed E-state index contributed by atoms with van der Waals surface area (Å²) in [5, 5.41) is 10.6. The number of carbonyl (C=O) groups is 1. The van der Waals surface area contributed by atoms with E-state index in [1.807, 2.05) is 0 Å². The van der Waals surface area contributed by atoms with Crippen molar-refractivity contribution in [2.75, 3.05) is 25.0 Å². The number of nitro benzene ring substituents is 1. The molecule has 0 bridgehead atoms. The van der Waals surface area contributed by atoms with E-state index in [1.165, 1.54) is 12.1 Å². The molecule has 0 radical (unpaired) electrons. The second-order valence-electron chi connectivity index (χ2n) is 5.08. The lowest BCUT2D eigenvalue weighted by Gasteiger charge is -2.26. The van der Waals surface area contributed by atoms with Crippen LogP contribution in [0.3, 0.4) is 0 Å². The number of alkyl halides is 3. The topological polar surface area (TPSA) is 66.7 Å². The maximum Gasteiger partial charge on any atom is 0.471 e. The molecule has 2 rings (SSSR count). The van der Waals surface area contributed by atoms with Gasteiger partial charge in [0.2, 0.25) is 0 Å². The quantitative estimate of drug-likeness (QED) is 0.633. The Morgan fingerprint density at radius 3 is 2.45 bits per heavy atom. The van der Waals surface area contributed by atoms with Crippen molar-refractivity contribution in [3.05, 3.63) is 34.4 Å². The first kappa shape index (κ1) is 16.1. The lowest BCUT2D eigenvalue weighted by atomic mass is 10.2. The van der Waals surface area contributed by atoms with Gasteiger partial charge in [0.15, 0.2) is 0 Å². The Morgan fingerprint density at radius 1 is 1.36 bits per heavy atom. The molecule has 1 aromatic rings. The minimum Gasteiger partial charge on any atom is -0.369 e. The van der Waals surface area contributed by atoms with Gasteiger partial charge in [-0.15, -0.1) is 0 Å². The lowest BCUT2D eigenvalue weighted by molar-refractivity contribution is -0.384. The highest BCUT2D eigenvalue weighted by molar-refractivity contribution is 5.82. The Labute approximate surface area is 124 Å². The first-order chi connectivity index (χ1) is 10.2. The molecular formula is C13H14F3N3O3. The number of hydrogen-bond acceptors (Lipinski definition) is 4. The molecule has 1 unspecified atom stereocenters. The molecule has 22 heavy (non-hydrogen) atoms. The van der Waals surface area contributed by atoms with Crippen molar-refractivity contribution in [3.63, 3.8) is 0 Å².